The van der Waals surface area contributed by atoms with Crippen molar-refractivity contribution in [2.75, 3.05) is 0 Å². The van der Waals surface area contributed by atoms with Gasteiger partial charge in [-0.05, 0) is 35.0 Å². The summed E-state index contributed by atoms with van der Waals surface area (Å²) in [5, 5.41) is 5.95. The smallest absolute Gasteiger partial charge is 0.152 e. The number of aromatic nitrogens is 3. The van der Waals surface area contributed by atoms with Gasteiger partial charge in [-0.2, -0.15) is 5.10 Å². The fourth-order valence-corrected chi connectivity index (χ4v) is 3.16. The van der Waals surface area contributed by atoms with Gasteiger partial charge >= 0.3 is 0 Å². The average molecular weight is 367 g/mol. The van der Waals surface area contributed by atoms with Gasteiger partial charge in [0.15, 0.2) is 6.29 Å². The van der Waals surface area contributed by atoms with Crippen molar-refractivity contribution in [2.45, 2.75) is 13.5 Å². The van der Waals surface area contributed by atoms with Gasteiger partial charge in [0, 0.05) is 29.2 Å². The van der Waals surface area contributed by atoms with E-state index in [2.05, 4.69) is 21.0 Å². The molecule has 0 atom stereocenters. The van der Waals surface area contributed by atoms with Crippen molar-refractivity contribution in [3.63, 3.8) is 0 Å². The summed E-state index contributed by atoms with van der Waals surface area (Å²) < 4.78 is 4.85. The maximum absolute atomic E-state index is 11.2. The highest BCUT2D eigenvalue weighted by Crippen LogP contribution is 2.27. The highest BCUT2D eigenvalue weighted by atomic mass is 79.9. The van der Waals surface area contributed by atoms with Gasteiger partial charge in [-0.1, -0.05) is 17.7 Å². The molecule has 4 nitrogen and oxygen atoms in total. The van der Waals surface area contributed by atoms with Crippen LogP contribution in [-0.2, 0) is 13.6 Å². The summed E-state index contributed by atoms with van der Waals surface area (Å²) in [6, 6.07) is 5.55. The fourth-order valence-electron chi connectivity index (χ4n) is 2.53. The van der Waals surface area contributed by atoms with Crippen LogP contribution in [0.25, 0.3) is 10.9 Å². The number of hydrogen-bond acceptors (Lipinski definition) is 2. The number of rotatable bonds is 3. The maximum atomic E-state index is 11.2. The van der Waals surface area contributed by atoms with E-state index in [1.165, 1.54) is 0 Å². The van der Waals surface area contributed by atoms with Gasteiger partial charge in [-0.15, -0.1) is 0 Å². The normalized spacial score (nSPS) is 11.2. The number of carbonyl (C=O) groups is 1. The number of benzene rings is 1. The van der Waals surface area contributed by atoms with Crippen molar-refractivity contribution in [1.29, 1.82) is 0 Å². The first kappa shape index (κ1) is 14.4. The molecular formula is C15H13BrClN3O. The molecule has 0 N–H and O–H groups in total. The predicted octanol–water partition coefficient (Wildman–Crippen LogP) is 3.96. The van der Waals surface area contributed by atoms with Crippen LogP contribution in [0.15, 0.2) is 28.9 Å². The molecule has 3 rings (SSSR count). The number of nitrogens with zero attached hydrogens (tertiary/aromatic N) is 3. The highest BCUT2D eigenvalue weighted by Gasteiger charge is 2.14. The lowest BCUT2D eigenvalue weighted by molar-refractivity contribution is 0.112. The Morgan fingerprint density at radius 2 is 2.19 bits per heavy atom. The second-order valence-corrected chi connectivity index (χ2v) is 6.19. The molecule has 0 amide bonds. The minimum atomic E-state index is 0.614. The number of hydrogen-bond donors (Lipinski definition) is 0. The molecule has 0 unspecified atom stereocenters. The minimum absolute atomic E-state index is 0.614. The Balaban J connectivity index is 2.16. The SMILES string of the molecule is Cc1nn(C)c(Cn2cc(C=O)c3ccc(Cl)cc32)c1Br. The van der Waals surface area contributed by atoms with Crippen LogP contribution in [0.3, 0.4) is 0 Å². The average Bonchev–Trinajstić information content (AvgIpc) is 2.91. The van der Waals surface area contributed by atoms with Crippen LogP contribution >= 0.6 is 27.5 Å². The standard InChI is InChI=1S/C15H13BrClN3O/c1-9-15(16)14(19(2)18-9)7-20-6-10(8-21)12-4-3-11(17)5-13(12)20/h3-6,8H,7H2,1-2H3. The molecule has 0 aliphatic rings. The molecule has 0 radical (unpaired) electrons. The van der Waals surface area contributed by atoms with Crippen LogP contribution in [0.1, 0.15) is 21.7 Å². The van der Waals surface area contributed by atoms with E-state index in [1.807, 2.05) is 41.5 Å². The van der Waals surface area contributed by atoms with Crippen molar-refractivity contribution >= 4 is 44.7 Å². The molecule has 0 fully saturated rings. The van der Waals surface area contributed by atoms with Crippen molar-refractivity contribution in [3.05, 3.63) is 50.8 Å². The first-order valence-corrected chi connectivity index (χ1v) is 7.60. The van der Waals surface area contributed by atoms with E-state index < -0.39 is 0 Å². The van der Waals surface area contributed by atoms with Gasteiger partial charge in [0.1, 0.15) is 0 Å². The van der Waals surface area contributed by atoms with E-state index in [1.54, 1.807) is 6.07 Å². The van der Waals surface area contributed by atoms with E-state index in [0.717, 1.165) is 33.0 Å². The number of fused-ring (bicyclic) bond motifs is 1. The highest BCUT2D eigenvalue weighted by molar-refractivity contribution is 9.10. The van der Waals surface area contributed by atoms with Gasteiger partial charge in [0.2, 0.25) is 0 Å². The molecule has 1 aromatic carbocycles. The lowest BCUT2D eigenvalue weighted by Crippen LogP contribution is -2.05. The Bertz CT molecular complexity index is 850. The lowest BCUT2D eigenvalue weighted by atomic mass is 10.2. The predicted molar refractivity (Wildman–Crippen MR) is 87.1 cm³/mol. The quantitative estimate of drug-likeness (QED) is 0.658. The fraction of sp³-hybridized carbons (Fsp3) is 0.200. The largest absolute Gasteiger partial charge is 0.341 e. The Labute approximate surface area is 135 Å². The zero-order valence-corrected chi connectivity index (χ0v) is 13.9. The summed E-state index contributed by atoms with van der Waals surface area (Å²) >= 11 is 9.65. The lowest BCUT2D eigenvalue weighted by Gasteiger charge is -2.07. The molecule has 108 valence electrons. The molecule has 0 bridgehead atoms. The molecule has 0 aliphatic heterocycles. The van der Waals surface area contributed by atoms with E-state index in [4.69, 9.17) is 11.6 Å². The van der Waals surface area contributed by atoms with Crippen LogP contribution in [0.4, 0.5) is 0 Å². The van der Waals surface area contributed by atoms with Crippen molar-refractivity contribution in [3.8, 4) is 0 Å². The van der Waals surface area contributed by atoms with Gasteiger partial charge in [-0.3, -0.25) is 9.48 Å². The molecule has 2 heterocycles. The van der Waals surface area contributed by atoms with Crippen molar-refractivity contribution in [2.24, 2.45) is 7.05 Å². The zero-order chi connectivity index (χ0) is 15.1. The third-order valence-corrected chi connectivity index (χ3v) is 4.85. The van der Waals surface area contributed by atoms with Gasteiger partial charge in [-0.25, -0.2) is 0 Å². The minimum Gasteiger partial charge on any atom is -0.341 e. The molecule has 0 saturated heterocycles. The van der Waals surface area contributed by atoms with Crippen LogP contribution in [0, 0.1) is 6.92 Å². The first-order valence-electron chi connectivity index (χ1n) is 6.43. The van der Waals surface area contributed by atoms with E-state index in [9.17, 15) is 4.79 Å². The number of aldehydes is 1. The van der Waals surface area contributed by atoms with Gasteiger partial charge < -0.3 is 4.57 Å². The third kappa shape index (κ3) is 2.40. The van der Waals surface area contributed by atoms with Crippen LogP contribution in [-0.4, -0.2) is 20.6 Å². The molecular weight excluding hydrogens is 354 g/mol. The van der Waals surface area contributed by atoms with Gasteiger partial charge in [0.25, 0.3) is 0 Å². The van der Waals surface area contributed by atoms with Crippen molar-refractivity contribution in [1.82, 2.24) is 14.3 Å². The van der Waals surface area contributed by atoms with Crippen molar-refractivity contribution < 1.29 is 4.79 Å². The number of carbonyl (C=O) groups excluding carboxylic acids is 1. The Hall–Kier alpha value is -1.59. The second-order valence-electron chi connectivity index (χ2n) is 4.96. The van der Waals surface area contributed by atoms with E-state index in [-0.39, 0.29) is 0 Å². The first-order chi connectivity index (χ1) is 10.0. The third-order valence-electron chi connectivity index (χ3n) is 3.58. The Kier molecular flexibility index (Phi) is 3.63. The molecule has 6 heteroatoms. The van der Waals surface area contributed by atoms with Gasteiger partial charge in [0.05, 0.1) is 27.9 Å². The topological polar surface area (TPSA) is 39.8 Å². The maximum Gasteiger partial charge on any atom is 0.152 e. The number of aryl methyl sites for hydroxylation is 2. The second kappa shape index (κ2) is 5.31. The summed E-state index contributed by atoms with van der Waals surface area (Å²) in [5.74, 6) is 0. The Morgan fingerprint density at radius 3 is 2.81 bits per heavy atom. The summed E-state index contributed by atoms with van der Waals surface area (Å²) in [4.78, 5) is 11.2. The zero-order valence-electron chi connectivity index (χ0n) is 11.6. The Morgan fingerprint density at radius 1 is 1.43 bits per heavy atom. The van der Waals surface area contributed by atoms with E-state index in [0.29, 0.717) is 17.1 Å². The number of halogens is 2. The molecule has 2 aromatic heterocycles. The monoisotopic (exact) mass is 365 g/mol. The summed E-state index contributed by atoms with van der Waals surface area (Å²) in [6.07, 6.45) is 2.72. The van der Waals surface area contributed by atoms with Crippen LogP contribution < -0.4 is 0 Å². The summed E-state index contributed by atoms with van der Waals surface area (Å²) in [5.41, 5.74) is 3.59. The molecule has 3 aromatic rings. The van der Waals surface area contributed by atoms with Crippen LogP contribution in [0.5, 0.6) is 0 Å². The van der Waals surface area contributed by atoms with E-state index >= 15 is 0 Å². The molecule has 0 saturated carbocycles. The molecule has 0 aliphatic carbocycles. The summed E-state index contributed by atoms with van der Waals surface area (Å²) in [7, 11) is 1.91. The van der Waals surface area contributed by atoms with Crippen LogP contribution in [0.2, 0.25) is 5.02 Å². The molecule has 21 heavy (non-hydrogen) atoms. The summed E-state index contributed by atoms with van der Waals surface area (Å²) in [6.45, 7) is 2.57. The molecule has 0 spiro atoms.